The second kappa shape index (κ2) is 5.99. The third kappa shape index (κ3) is 3.24. The Hall–Kier alpha value is -0.830. The third-order valence-corrected chi connectivity index (χ3v) is 6.14. The molecule has 0 aromatic heterocycles. The average molecular weight is 357 g/mol. The molecule has 124 valence electrons. The number of alkyl halides is 3. The van der Waals surface area contributed by atoms with E-state index < -0.39 is 31.7 Å². The normalized spacial score (nSPS) is 24.5. The van der Waals surface area contributed by atoms with E-state index in [-0.39, 0.29) is 18.6 Å². The summed E-state index contributed by atoms with van der Waals surface area (Å²) in [4.78, 5) is -0.398. The fourth-order valence-electron chi connectivity index (χ4n) is 2.38. The number of benzene rings is 1. The van der Waals surface area contributed by atoms with Crippen LogP contribution in [-0.4, -0.2) is 37.9 Å². The molecule has 1 aliphatic rings. The van der Waals surface area contributed by atoms with Crippen molar-refractivity contribution in [2.75, 3.05) is 13.1 Å². The van der Waals surface area contributed by atoms with Crippen molar-refractivity contribution in [2.24, 2.45) is 0 Å². The van der Waals surface area contributed by atoms with Crippen LogP contribution in [0.3, 0.4) is 0 Å². The van der Waals surface area contributed by atoms with Crippen molar-refractivity contribution in [1.29, 1.82) is 0 Å². The Morgan fingerprint density at radius 2 is 1.95 bits per heavy atom. The minimum absolute atomic E-state index is 0.0853. The first-order chi connectivity index (χ1) is 10.0. The number of nitrogens with zero attached hydrogens (tertiary/aromatic N) is 1. The van der Waals surface area contributed by atoms with Crippen LogP contribution in [0.2, 0.25) is 5.02 Å². The van der Waals surface area contributed by atoms with E-state index >= 15 is 0 Å². The van der Waals surface area contributed by atoms with Gasteiger partial charge in [-0.15, -0.1) is 0 Å². The molecule has 0 spiro atoms. The van der Waals surface area contributed by atoms with Crippen molar-refractivity contribution in [1.82, 2.24) is 9.62 Å². The highest BCUT2D eigenvalue weighted by atomic mass is 35.5. The maximum atomic E-state index is 12.9. The smallest absolute Gasteiger partial charge is 0.311 e. The summed E-state index contributed by atoms with van der Waals surface area (Å²) in [5.74, 6) is 0. The van der Waals surface area contributed by atoms with Crippen molar-refractivity contribution < 1.29 is 21.6 Å². The second-order valence-electron chi connectivity index (χ2n) is 5.24. The molecule has 22 heavy (non-hydrogen) atoms. The molecular weight excluding hydrogens is 341 g/mol. The summed E-state index contributed by atoms with van der Waals surface area (Å²) >= 11 is 5.53. The highest BCUT2D eigenvalue weighted by Gasteiger charge is 2.38. The van der Waals surface area contributed by atoms with Crippen LogP contribution < -0.4 is 5.32 Å². The second-order valence-corrected chi connectivity index (χ2v) is 7.54. The molecule has 1 N–H and O–H groups in total. The summed E-state index contributed by atoms with van der Waals surface area (Å²) in [6, 6.07) is 2.22. The van der Waals surface area contributed by atoms with E-state index in [0.717, 1.165) is 12.1 Å². The summed E-state index contributed by atoms with van der Waals surface area (Å²) in [7, 11) is -4.01. The van der Waals surface area contributed by atoms with E-state index in [1.54, 1.807) is 6.92 Å². The van der Waals surface area contributed by atoms with Crippen LogP contribution in [0.1, 0.15) is 19.4 Å². The zero-order valence-corrected chi connectivity index (χ0v) is 13.6. The van der Waals surface area contributed by atoms with E-state index in [1.165, 1.54) is 4.31 Å². The first kappa shape index (κ1) is 17.5. The number of hydrogen-bond acceptors (Lipinski definition) is 3. The van der Waals surface area contributed by atoms with Gasteiger partial charge in [0.25, 0.3) is 0 Å². The van der Waals surface area contributed by atoms with Gasteiger partial charge in [-0.1, -0.05) is 11.6 Å². The lowest BCUT2D eigenvalue weighted by Crippen LogP contribution is -2.57. The number of halogens is 4. The molecule has 0 radical (unpaired) electrons. The van der Waals surface area contributed by atoms with E-state index in [2.05, 4.69) is 5.32 Å². The van der Waals surface area contributed by atoms with Gasteiger partial charge in [-0.2, -0.15) is 17.5 Å². The zero-order valence-electron chi connectivity index (χ0n) is 12.0. The average Bonchev–Trinajstić information content (AvgIpc) is 2.40. The van der Waals surface area contributed by atoms with Gasteiger partial charge in [-0.05, 0) is 32.0 Å². The van der Waals surface area contributed by atoms with Crippen LogP contribution in [0.4, 0.5) is 13.2 Å². The minimum atomic E-state index is -4.70. The highest BCUT2D eigenvalue weighted by molar-refractivity contribution is 7.89. The first-order valence-electron chi connectivity index (χ1n) is 6.67. The van der Waals surface area contributed by atoms with Crippen LogP contribution in [-0.2, 0) is 16.2 Å². The van der Waals surface area contributed by atoms with E-state index in [0.29, 0.717) is 12.6 Å². The Morgan fingerprint density at radius 1 is 1.32 bits per heavy atom. The summed E-state index contributed by atoms with van der Waals surface area (Å²) in [6.45, 7) is 4.20. The lowest BCUT2D eigenvalue weighted by molar-refractivity contribution is -0.137. The molecule has 9 heteroatoms. The Balaban J connectivity index is 2.46. The van der Waals surface area contributed by atoms with Gasteiger partial charge in [0.05, 0.1) is 15.5 Å². The largest absolute Gasteiger partial charge is 0.417 e. The monoisotopic (exact) mass is 356 g/mol. The minimum Gasteiger partial charge on any atom is -0.311 e. The molecule has 1 saturated heterocycles. The summed E-state index contributed by atoms with van der Waals surface area (Å²) in [5, 5.41) is 2.60. The van der Waals surface area contributed by atoms with Crippen molar-refractivity contribution in [3.05, 3.63) is 28.8 Å². The summed E-state index contributed by atoms with van der Waals surface area (Å²) in [6.07, 6.45) is -4.70. The first-order valence-corrected chi connectivity index (χ1v) is 8.49. The molecular formula is C13H16ClF3N2O2S. The highest BCUT2D eigenvalue weighted by Crippen LogP contribution is 2.36. The van der Waals surface area contributed by atoms with Gasteiger partial charge in [-0.3, -0.25) is 0 Å². The molecule has 0 bridgehead atoms. The molecule has 1 aliphatic heterocycles. The summed E-state index contributed by atoms with van der Waals surface area (Å²) in [5.41, 5.74) is -1.15. The van der Waals surface area contributed by atoms with Crippen LogP contribution >= 0.6 is 11.6 Å². The molecule has 0 aliphatic carbocycles. The lowest BCUT2D eigenvalue weighted by atomic mass is 10.1. The van der Waals surface area contributed by atoms with E-state index in [1.807, 2.05) is 6.92 Å². The van der Waals surface area contributed by atoms with Gasteiger partial charge >= 0.3 is 6.18 Å². The molecule has 2 atom stereocenters. The molecule has 0 saturated carbocycles. The molecule has 2 unspecified atom stereocenters. The number of sulfonamides is 1. The molecule has 1 fully saturated rings. The van der Waals surface area contributed by atoms with Gasteiger partial charge in [0, 0.05) is 25.2 Å². The summed E-state index contributed by atoms with van der Waals surface area (Å²) < 4.78 is 65.1. The number of rotatable bonds is 2. The Bertz CT molecular complexity index is 664. The van der Waals surface area contributed by atoms with Crippen molar-refractivity contribution in [3.8, 4) is 0 Å². The van der Waals surface area contributed by atoms with Gasteiger partial charge in [-0.25, -0.2) is 8.42 Å². The third-order valence-electron chi connectivity index (χ3n) is 3.83. The standard InChI is InChI=1S/C13H16ClF3N2O2S/c1-8-9(2)19(6-5-18-8)22(20,21)10-3-4-12(14)11(7-10)13(15,16)17/h3-4,7-9,18H,5-6H2,1-2H3. The van der Waals surface area contributed by atoms with Crippen LogP contribution in [0, 0.1) is 0 Å². The van der Waals surface area contributed by atoms with Crippen molar-refractivity contribution in [3.63, 3.8) is 0 Å². The predicted molar refractivity (Wildman–Crippen MR) is 77.3 cm³/mol. The maximum Gasteiger partial charge on any atom is 0.417 e. The van der Waals surface area contributed by atoms with Crippen LogP contribution in [0.15, 0.2) is 23.1 Å². The Labute approximate surface area is 132 Å². The molecule has 0 amide bonds. The molecule has 1 heterocycles. The maximum absolute atomic E-state index is 12.9. The molecule has 2 rings (SSSR count). The Morgan fingerprint density at radius 3 is 2.55 bits per heavy atom. The Kier molecular flexibility index (Phi) is 4.77. The van der Waals surface area contributed by atoms with Crippen molar-refractivity contribution >= 4 is 21.6 Å². The number of hydrogen-bond donors (Lipinski definition) is 1. The molecule has 1 aromatic carbocycles. The van der Waals surface area contributed by atoms with Gasteiger partial charge in [0.15, 0.2) is 0 Å². The molecule has 4 nitrogen and oxygen atoms in total. The fourth-order valence-corrected chi connectivity index (χ4v) is 4.34. The fraction of sp³-hybridized carbons (Fsp3) is 0.538. The van der Waals surface area contributed by atoms with Crippen LogP contribution in [0.25, 0.3) is 0 Å². The lowest BCUT2D eigenvalue weighted by Gasteiger charge is -2.37. The zero-order chi connectivity index (χ0) is 16.7. The number of nitrogens with one attached hydrogen (secondary N) is 1. The molecule has 1 aromatic rings. The predicted octanol–water partition coefficient (Wildman–Crippen LogP) is 2.73. The number of piperazine rings is 1. The van der Waals surface area contributed by atoms with Crippen molar-refractivity contribution in [2.45, 2.75) is 37.0 Å². The quantitative estimate of drug-likeness (QED) is 0.886. The van der Waals surface area contributed by atoms with E-state index in [4.69, 9.17) is 11.6 Å². The SMILES string of the molecule is CC1NCCN(S(=O)(=O)c2ccc(Cl)c(C(F)(F)F)c2)C1C. The van der Waals surface area contributed by atoms with Gasteiger partial charge in [0.2, 0.25) is 10.0 Å². The van der Waals surface area contributed by atoms with Gasteiger partial charge in [0.1, 0.15) is 0 Å². The van der Waals surface area contributed by atoms with Crippen LogP contribution in [0.5, 0.6) is 0 Å². The topological polar surface area (TPSA) is 49.4 Å². The van der Waals surface area contributed by atoms with E-state index in [9.17, 15) is 21.6 Å². The van der Waals surface area contributed by atoms with Gasteiger partial charge < -0.3 is 5.32 Å².